The first-order chi connectivity index (χ1) is 11.7. The van der Waals surface area contributed by atoms with Gasteiger partial charge < -0.3 is 9.47 Å². The van der Waals surface area contributed by atoms with E-state index in [0.29, 0.717) is 18.8 Å². The summed E-state index contributed by atoms with van der Waals surface area (Å²) in [5.41, 5.74) is 0.235. The third kappa shape index (κ3) is 8.38. The molecule has 1 aromatic rings. The van der Waals surface area contributed by atoms with Crippen molar-refractivity contribution in [2.75, 3.05) is 13.2 Å². The summed E-state index contributed by atoms with van der Waals surface area (Å²) < 4.78 is 10.1. The average Bonchev–Trinajstić information content (AvgIpc) is 2.60. The van der Waals surface area contributed by atoms with Gasteiger partial charge in [0.2, 0.25) is 0 Å². The molecule has 0 spiro atoms. The van der Waals surface area contributed by atoms with Crippen molar-refractivity contribution in [2.24, 2.45) is 0 Å². The summed E-state index contributed by atoms with van der Waals surface area (Å²) in [4.78, 5) is 31.1. The van der Waals surface area contributed by atoms with Crippen molar-refractivity contribution in [3.63, 3.8) is 0 Å². The second kappa shape index (κ2) is 12.2. The van der Waals surface area contributed by atoms with Gasteiger partial charge in [-0.25, -0.2) is 14.5 Å². The second-order valence-electron chi connectivity index (χ2n) is 5.05. The Morgan fingerprint density at radius 1 is 0.875 bits per heavy atom. The van der Waals surface area contributed by atoms with E-state index < -0.39 is 12.1 Å². The van der Waals surface area contributed by atoms with Crippen LogP contribution in [0.4, 0.5) is 4.79 Å². The fraction of sp³-hybridized carbons (Fsp3) is 0.529. The molecule has 0 aliphatic rings. The van der Waals surface area contributed by atoms with Crippen molar-refractivity contribution in [1.82, 2.24) is 0 Å². The Balaban J connectivity index is 2.26. The summed E-state index contributed by atoms with van der Waals surface area (Å²) in [6, 6.07) is 6.38. The molecule has 0 aromatic heterocycles. The molecule has 0 N–H and O–H groups in total. The highest BCUT2D eigenvalue weighted by Crippen LogP contribution is 2.14. The molecule has 0 unspecified atom stereocenters. The van der Waals surface area contributed by atoms with Gasteiger partial charge in [0, 0.05) is 0 Å². The van der Waals surface area contributed by atoms with Crippen LogP contribution in [0.15, 0.2) is 24.3 Å². The zero-order valence-corrected chi connectivity index (χ0v) is 14.1. The molecule has 0 saturated heterocycles. The highest BCUT2D eigenvalue weighted by atomic mass is 17.5. The van der Waals surface area contributed by atoms with E-state index in [0.717, 1.165) is 12.8 Å². The fourth-order valence-electron chi connectivity index (χ4n) is 1.74. The Kier molecular flexibility index (Phi) is 10.0. The molecule has 24 heavy (non-hydrogen) atoms. The van der Waals surface area contributed by atoms with Crippen LogP contribution in [0.2, 0.25) is 0 Å². The minimum Gasteiger partial charge on any atom is -0.494 e. The van der Waals surface area contributed by atoms with Crippen LogP contribution in [-0.4, -0.2) is 25.3 Å². The van der Waals surface area contributed by atoms with Crippen molar-refractivity contribution in [2.45, 2.75) is 46.0 Å². The molecular formula is C17H24O7. The molecule has 7 nitrogen and oxygen atoms in total. The monoisotopic (exact) mass is 340 g/mol. The first kappa shape index (κ1) is 19.8. The summed E-state index contributed by atoms with van der Waals surface area (Å²) in [5, 5.41) is 4.09. The summed E-state index contributed by atoms with van der Waals surface area (Å²) in [6.07, 6.45) is 4.08. The molecule has 134 valence electrons. The fourth-order valence-corrected chi connectivity index (χ4v) is 1.74. The number of carbonyl (C=O) groups is 2. The van der Waals surface area contributed by atoms with Gasteiger partial charge >= 0.3 is 12.1 Å². The van der Waals surface area contributed by atoms with Gasteiger partial charge in [-0.05, 0) is 37.1 Å². The van der Waals surface area contributed by atoms with Crippen LogP contribution in [0, 0.1) is 0 Å². The molecule has 0 fully saturated rings. The number of hydrogen-bond acceptors (Lipinski definition) is 7. The molecule has 7 heteroatoms. The summed E-state index contributed by atoms with van der Waals surface area (Å²) in [5.74, 6) is -0.129. The van der Waals surface area contributed by atoms with E-state index in [2.05, 4.69) is 26.5 Å². The molecule has 0 heterocycles. The number of hydrogen-bond donors (Lipinski definition) is 0. The molecule has 1 aromatic carbocycles. The van der Waals surface area contributed by atoms with E-state index in [1.165, 1.54) is 25.0 Å². The van der Waals surface area contributed by atoms with Crippen LogP contribution in [0.5, 0.6) is 5.75 Å². The molecular weight excluding hydrogens is 316 g/mol. The third-order valence-corrected chi connectivity index (χ3v) is 2.99. The standard InChI is InChI=1S/C17H24O7/c1-3-5-6-7-13-20-15-10-8-14(9-11-15)16(18)22-24-23-17(19)21-12-4-2/h8-11H,3-7,12-13H2,1-2H3. The van der Waals surface area contributed by atoms with Crippen molar-refractivity contribution >= 4 is 12.1 Å². The van der Waals surface area contributed by atoms with E-state index in [9.17, 15) is 9.59 Å². The van der Waals surface area contributed by atoms with Crippen molar-refractivity contribution in [3.8, 4) is 5.75 Å². The van der Waals surface area contributed by atoms with Crippen molar-refractivity contribution < 1.29 is 33.9 Å². The van der Waals surface area contributed by atoms with Crippen LogP contribution in [-0.2, 0) is 19.6 Å². The highest BCUT2D eigenvalue weighted by molar-refractivity contribution is 5.89. The smallest absolute Gasteiger partial charge is 0.494 e. The number of ether oxygens (including phenoxy) is 2. The van der Waals surface area contributed by atoms with Gasteiger partial charge in [-0.2, -0.15) is 0 Å². The highest BCUT2D eigenvalue weighted by Gasteiger charge is 2.12. The van der Waals surface area contributed by atoms with E-state index in [1.807, 2.05) is 6.92 Å². The molecule has 1 rings (SSSR count). The van der Waals surface area contributed by atoms with Gasteiger partial charge in [0.05, 0.1) is 23.8 Å². The van der Waals surface area contributed by atoms with Crippen LogP contribution < -0.4 is 4.74 Å². The number of rotatable bonds is 11. The van der Waals surface area contributed by atoms with Crippen molar-refractivity contribution in [3.05, 3.63) is 29.8 Å². The summed E-state index contributed by atoms with van der Waals surface area (Å²) in [6.45, 7) is 4.81. The van der Waals surface area contributed by atoms with Crippen LogP contribution in [0.1, 0.15) is 56.3 Å². The maximum absolute atomic E-state index is 11.7. The maximum atomic E-state index is 11.7. The van der Waals surface area contributed by atoms with Gasteiger partial charge in [-0.3, -0.25) is 4.89 Å². The lowest BCUT2D eigenvalue weighted by Crippen LogP contribution is -2.12. The van der Waals surface area contributed by atoms with Gasteiger partial charge in [-0.15, -0.1) is 0 Å². The number of unbranched alkanes of at least 4 members (excludes halogenated alkanes) is 3. The molecule has 0 aliphatic carbocycles. The SMILES string of the molecule is CCCCCCOc1ccc(C(=O)OOOC(=O)OCCC)cc1. The Bertz CT molecular complexity index is 484. The van der Waals surface area contributed by atoms with Gasteiger partial charge in [0.15, 0.2) is 0 Å². The summed E-state index contributed by atoms with van der Waals surface area (Å²) in [7, 11) is 0. The topological polar surface area (TPSA) is 80.3 Å². The lowest BCUT2D eigenvalue weighted by molar-refractivity contribution is -0.452. The van der Waals surface area contributed by atoms with Crippen LogP contribution in [0.25, 0.3) is 0 Å². The molecule has 0 bridgehead atoms. The Morgan fingerprint density at radius 2 is 1.62 bits per heavy atom. The van der Waals surface area contributed by atoms with Crippen LogP contribution in [0.3, 0.4) is 0 Å². The third-order valence-electron chi connectivity index (χ3n) is 2.99. The molecule has 0 aliphatic heterocycles. The minimum absolute atomic E-state index is 0.191. The largest absolute Gasteiger partial charge is 0.543 e. The van der Waals surface area contributed by atoms with Gasteiger partial charge in [0.1, 0.15) is 5.75 Å². The molecule has 0 amide bonds. The lowest BCUT2D eigenvalue weighted by Gasteiger charge is -2.06. The van der Waals surface area contributed by atoms with Gasteiger partial charge in [-0.1, -0.05) is 33.1 Å². The molecule has 0 radical (unpaired) electrons. The zero-order chi connectivity index (χ0) is 17.6. The van der Waals surface area contributed by atoms with Gasteiger partial charge in [0.25, 0.3) is 0 Å². The van der Waals surface area contributed by atoms with E-state index in [-0.39, 0.29) is 12.2 Å². The van der Waals surface area contributed by atoms with E-state index >= 15 is 0 Å². The van der Waals surface area contributed by atoms with E-state index in [1.54, 1.807) is 12.1 Å². The van der Waals surface area contributed by atoms with E-state index in [4.69, 9.17) is 4.74 Å². The normalized spacial score (nSPS) is 10.1. The zero-order valence-electron chi connectivity index (χ0n) is 14.1. The predicted octanol–water partition coefficient (Wildman–Crippen LogP) is 4.21. The number of benzene rings is 1. The first-order valence-electron chi connectivity index (χ1n) is 8.12. The second-order valence-corrected chi connectivity index (χ2v) is 5.05. The molecule has 0 atom stereocenters. The maximum Gasteiger partial charge on any atom is 0.543 e. The Hall–Kier alpha value is -2.28. The average molecular weight is 340 g/mol. The van der Waals surface area contributed by atoms with Crippen LogP contribution >= 0.6 is 0 Å². The Labute approximate surface area is 141 Å². The predicted molar refractivity (Wildman–Crippen MR) is 85.3 cm³/mol. The molecule has 0 saturated carbocycles. The van der Waals surface area contributed by atoms with Crippen molar-refractivity contribution in [1.29, 1.82) is 0 Å². The quantitative estimate of drug-likeness (QED) is 0.258. The Morgan fingerprint density at radius 3 is 2.29 bits per heavy atom. The first-order valence-corrected chi connectivity index (χ1v) is 8.12. The summed E-state index contributed by atoms with van der Waals surface area (Å²) >= 11 is 0. The lowest BCUT2D eigenvalue weighted by atomic mass is 10.2. The number of carbonyl (C=O) groups excluding carboxylic acids is 2. The minimum atomic E-state index is -1.07.